The summed E-state index contributed by atoms with van der Waals surface area (Å²) < 4.78 is 11.9. The van der Waals surface area contributed by atoms with Crippen molar-refractivity contribution >= 4 is 17.9 Å². The maximum Gasteiger partial charge on any atom is 0.417 e. The number of aliphatic hydroxyl groups excluding tert-OH is 3. The minimum absolute atomic E-state index is 0.0130. The second kappa shape index (κ2) is 30.5. The lowest BCUT2D eigenvalue weighted by Crippen LogP contribution is -2.71. The fourth-order valence-electron chi connectivity index (χ4n) is 7.80. The van der Waals surface area contributed by atoms with E-state index in [0.29, 0.717) is 18.4 Å². The summed E-state index contributed by atoms with van der Waals surface area (Å²) in [6.07, 6.45) is 17.0. The second-order valence-electron chi connectivity index (χ2n) is 16.8. The predicted octanol–water partition coefficient (Wildman–Crippen LogP) is 8.78. The summed E-state index contributed by atoms with van der Waals surface area (Å²) >= 11 is 0. The quantitative estimate of drug-likeness (QED) is 0.0538. The van der Waals surface area contributed by atoms with Gasteiger partial charge < -0.3 is 35.4 Å². The summed E-state index contributed by atoms with van der Waals surface area (Å²) in [6, 6.07) is 6.33. The molecule has 11 heteroatoms. The highest BCUT2D eigenvalue weighted by atomic mass is 16.6. The number of hydrogen-bond acceptors (Lipinski definition) is 9. The van der Waals surface area contributed by atoms with Gasteiger partial charge in [0.05, 0.1) is 12.6 Å². The lowest BCUT2D eigenvalue weighted by Gasteiger charge is -2.49. The van der Waals surface area contributed by atoms with Gasteiger partial charge in [-0.3, -0.25) is 9.59 Å². The van der Waals surface area contributed by atoms with E-state index < -0.39 is 55.2 Å². The van der Waals surface area contributed by atoms with Crippen molar-refractivity contribution < 1.29 is 39.2 Å². The van der Waals surface area contributed by atoms with E-state index in [1.54, 1.807) is 24.3 Å². The zero-order valence-corrected chi connectivity index (χ0v) is 36.2. The first-order valence-corrected chi connectivity index (χ1v) is 22.8. The number of rotatable bonds is 31. The molecule has 0 spiro atoms. The molecule has 6 atom stereocenters. The van der Waals surface area contributed by atoms with Crippen LogP contribution in [-0.2, 0) is 25.7 Å². The van der Waals surface area contributed by atoms with Crippen LogP contribution in [0.3, 0.4) is 0 Å². The molecule has 328 valence electrons. The lowest BCUT2D eigenvalue weighted by atomic mass is 9.92. The first kappa shape index (κ1) is 50.6. The largest absolute Gasteiger partial charge is 0.444 e. The first-order valence-electron chi connectivity index (χ1n) is 22.8. The Balaban J connectivity index is 2.32. The third-order valence-corrected chi connectivity index (χ3v) is 11.2. The Bertz CT molecular complexity index is 1200. The van der Waals surface area contributed by atoms with Gasteiger partial charge in [0.1, 0.15) is 31.0 Å². The van der Waals surface area contributed by atoms with Gasteiger partial charge in [-0.05, 0) is 30.7 Å². The number of ether oxygens (including phenoxy) is 2. The lowest BCUT2D eigenvalue weighted by molar-refractivity contribution is -0.245. The van der Waals surface area contributed by atoms with Crippen molar-refractivity contribution in [1.82, 2.24) is 9.80 Å². The van der Waals surface area contributed by atoms with Crippen LogP contribution in [0.4, 0.5) is 4.79 Å². The molecule has 0 radical (unpaired) electrons. The molecule has 0 aromatic heterocycles. The van der Waals surface area contributed by atoms with Crippen LogP contribution in [0.5, 0.6) is 0 Å². The van der Waals surface area contributed by atoms with E-state index in [0.717, 1.165) is 43.4 Å². The monoisotopic (exact) mass is 804 g/mol. The van der Waals surface area contributed by atoms with E-state index in [4.69, 9.17) is 15.2 Å². The smallest absolute Gasteiger partial charge is 0.417 e. The number of aliphatic hydroxyl groups is 3. The highest BCUT2D eigenvalue weighted by Crippen LogP contribution is 2.31. The number of imide groups is 1. The van der Waals surface area contributed by atoms with Crippen molar-refractivity contribution in [1.29, 1.82) is 0 Å². The van der Waals surface area contributed by atoms with Crippen LogP contribution < -0.4 is 5.73 Å². The summed E-state index contributed by atoms with van der Waals surface area (Å²) in [6.45, 7) is 7.72. The van der Waals surface area contributed by atoms with Gasteiger partial charge in [0.25, 0.3) is 0 Å². The Hall–Kier alpha value is -2.57. The molecular formula is C46H81N3O8. The molecule has 1 aromatic rings. The van der Waals surface area contributed by atoms with Crippen molar-refractivity contribution in [3.8, 4) is 0 Å². The third-order valence-electron chi connectivity index (χ3n) is 11.2. The number of carbonyl (C=O) groups excluding carboxylic acids is 3. The SMILES string of the molecule is CCCCCCCCCCCCCCN(C(=O)CCCCCCCCCCC)[C@@H]1O[C@H](CO)[C@H](O)[C@H](O)[C@H]1N(C(=O)OCc1ccccc1)C(=O)[C@@H](N)CC(C)C. The third kappa shape index (κ3) is 19.4. The first-order chi connectivity index (χ1) is 27.6. The normalized spacial score (nSPS) is 20.1. The Labute approximate surface area is 345 Å². The average molecular weight is 804 g/mol. The Morgan fingerprint density at radius 2 is 1.23 bits per heavy atom. The van der Waals surface area contributed by atoms with Crippen LogP contribution in [0.15, 0.2) is 30.3 Å². The number of hydrogen-bond donors (Lipinski definition) is 4. The van der Waals surface area contributed by atoms with Crippen LogP contribution in [0.25, 0.3) is 0 Å². The van der Waals surface area contributed by atoms with Gasteiger partial charge >= 0.3 is 6.09 Å². The van der Waals surface area contributed by atoms with E-state index in [-0.39, 0.29) is 37.8 Å². The Morgan fingerprint density at radius 1 is 0.737 bits per heavy atom. The summed E-state index contributed by atoms with van der Waals surface area (Å²) in [4.78, 5) is 44.8. The minimum Gasteiger partial charge on any atom is -0.444 e. The van der Waals surface area contributed by atoms with Crippen LogP contribution in [-0.4, -0.2) is 92.8 Å². The minimum atomic E-state index is -1.76. The molecule has 1 saturated heterocycles. The molecule has 0 bridgehead atoms. The maximum absolute atomic E-state index is 14.3. The zero-order valence-electron chi connectivity index (χ0n) is 36.2. The maximum atomic E-state index is 14.3. The molecule has 2 rings (SSSR count). The van der Waals surface area contributed by atoms with Gasteiger partial charge in [-0.1, -0.05) is 180 Å². The summed E-state index contributed by atoms with van der Waals surface area (Å²) in [5.41, 5.74) is 7.09. The molecule has 3 amide bonds. The standard InChI is InChI=1S/C46H81N3O8/c1-5-7-9-11-13-15-16-17-19-21-23-28-32-48(40(51)31-27-22-20-18-14-12-10-8-6-2)45-41(43(53)42(52)39(34-50)57-45)49(44(54)38(47)33-36(3)4)46(55)56-35-37-29-25-24-26-30-37/h24-26,29-30,36,38-39,41-43,45,50,52-53H,5-23,27-28,31-35,47H2,1-4H3/t38-,39+,41+,42-,43+,45+/m0/s1. The van der Waals surface area contributed by atoms with Gasteiger partial charge in [-0.15, -0.1) is 0 Å². The number of amides is 3. The van der Waals surface area contributed by atoms with Crippen LogP contribution >= 0.6 is 0 Å². The summed E-state index contributed by atoms with van der Waals surface area (Å²) in [5.74, 6) is -1.02. The zero-order chi connectivity index (χ0) is 41.8. The van der Waals surface area contributed by atoms with Crippen molar-refractivity contribution in [2.75, 3.05) is 13.2 Å². The van der Waals surface area contributed by atoms with E-state index in [2.05, 4.69) is 13.8 Å². The van der Waals surface area contributed by atoms with Gasteiger partial charge in [0.2, 0.25) is 11.8 Å². The molecule has 1 aromatic carbocycles. The molecule has 0 unspecified atom stereocenters. The van der Waals surface area contributed by atoms with Crippen LogP contribution in [0, 0.1) is 5.92 Å². The van der Waals surface area contributed by atoms with Crippen LogP contribution in [0.1, 0.15) is 181 Å². The number of nitrogens with two attached hydrogens (primary N) is 1. The van der Waals surface area contributed by atoms with Crippen LogP contribution in [0.2, 0.25) is 0 Å². The summed E-state index contributed by atoms with van der Waals surface area (Å²) in [7, 11) is 0. The van der Waals surface area contributed by atoms with E-state index in [1.807, 2.05) is 19.9 Å². The van der Waals surface area contributed by atoms with E-state index in [9.17, 15) is 29.7 Å². The average Bonchev–Trinajstić information content (AvgIpc) is 3.20. The molecule has 1 aliphatic rings. The van der Waals surface area contributed by atoms with E-state index >= 15 is 0 Å². The number of benzene rings is 1. The topological polar surface area (TPSA) is 163 Å². The van der Waals surface area contributed by atoms with E-state index in [1.165, 1.54) is 88.4 Å². The van der Waals surface area contributed by atoms with Crippen molar-refractivity contribution in [2.24, 2.45) is 11.7 Å². The predicted molar refractivity (Wildman–Crippen MR) is 227 cm³/mol. The fraction of sp³-hybridized carbons (Fsp3) is 0.804. The second-order valence-corrected chi connectivity index (χ2v) is 16.8. The van der Waals surface area contributed by atoms with Gasteiger partial charge in [0, 0.05) is 13.0 Å². The number of nitrogens with zero attached hydrogens (tertiary/aromatic N) is 2. The fourth-order valence-corrected chi connectivity index (χ4v) is 7.80. The van der Waals surface area contributed by atoms with Crippen molar-refractivity contribution in [3.63, 3.8) is 0 Å². The molecule has 0 aliphatic carbocycles. The molecular weight excluding hydrogens is 723 g/mol. The van der Waals surface area contributed by atoms with Crippen molar-refractivity contribution in [2.45, 2.75) is 219 Å². The molecule has 1 heterocycles. The molecule has 5 N–H and O–H groups in total. The molecule has 11 nitrogen and oxygen atoms in total. The molecule has 1 fully saturated rings. The van der Waals surface area contributed by atoms with Crippen molar-refractivity contribution in [3.05, 3.63) is 35.9 Å². The summed E-state index contributed by atoms with van der Waals surface area (Å²) in [5, 5.41) is 33.2. The molecule has 57 heavy (non-hydrogen) atoms. The Morgan fingerprint density at radius 3 is 1.72 bits per heavy atom. The molecule has 1 aliphatic heterocycles. The molecule has 0 saturated carbocycles. The van der Waals surface area contributed by atoms with Gasteiger partial charge in [-0.2, -0.15) is 0 Å². The van der Waals surface area contributed by atoms with Gasteiger partial charge in [-0.25, -0.2) is 9.69 Å². The number of carbonyl (C=O) groups is 3. The highest BCUT2D eigenvalue weighted by Gasteiger charge is 2.53. The highest BCUT2D eigenvalue weighted by molar-refractivity contribution is 5.95. The number of unbranched alkanes of at least 4 members (excludes halogenated alkanes) is 19. The van der Waals surface area contributed by atoms with Gasteiger partial charge in [0.15, 0.2) is 6.23 Å². The Kier molecular flexibility index (Phi) is 27.0.